The first-order valence-corrected chi connectivity index (χ1v) is 8.87. The number of phenolic OH excluding ortho intramolecular Hbond substituents is 1. The second kappa shape index (κ2) is 8.49. The van der Waals surface area contributed by atoms with Crippen molar-refractivity contribution in [1.82, 2.24) is 10.7 Å². The third-order valence-electron chi connectivity index (χ3n) is 4.08. The summed E-state index contributed by atoms with van der Waals surface area (Å²) in [6.45, 7) is 2.25. The van der Waals surface area contributed by atoms with Gasteiger partial charge >= 0.3 is 0 Å². The minimum atomic E-state index is 0.0704. The van der Waals surface area contributed by atoms with Crippen molar-refractivity contribution >= 4 is 39.5 Å². The highest BCUT2D eigenvalue weighted by Gasteiger charge is 2.21. The van der Waals surface area contributed by atoms with Gasteiger partial charge in [-0.15, -0.1) is 0 Å². The third-order valence-corrected chi connectivity index (χ3v) is 4.89. The van der Waals surface area contributed by atoms with E-state index in [0.717, 1.165) is 12.0 Å². The molecule has 0 radical (unpaired) electrons. The first-order chi connectivity index (χ1) is 11.0. The van der Waals surface area contributed by atoms with Gasteiger partial charge < -0.3 is 15.2 Å². The molecule has 126 valence electrons. The third kappa shape index (κ3) is 5.07. The van der Waals surface area contributed by atoms with Crippen LogP contribution in [0.3, 0.4) is 0 Å². The van der Waals surface area contributed by atoms with Crippen LogP contribution < -0.4 is 15.5 Å². The molecule has 1 aromatic rings. The van der Waals surface area contributed by atoms with E-state index in [2.05, 4.69) is 38.7 Å². The summed E-state index contributed by atoms with van der Waals surface area (Å²) in [5.41, 5.74) is 3.63. The minimum absolute atomic E-state index is 0.0704. The molecular formula is C16H22BrN3O2S. The van der Waals surface area contributed by atoms with Crippen molar-refractivity contribution in [1.29, 1.82) is 0 Å². The summed E-state index contributed by atoms with van der Waals surface area (Å²) in [5, 5.41) is 17.8. The molecule has 0 unspecified atom stereocenters. The molecule has 1 aliphatic carbocycles. The van der Waals surface area contributed by atoms with Gasteiger partial charge in [-0.2, -0.15) is 5.10 Å². The molecule has 0 aromatic heterocycles. The molecule has 0 bridgehead atoms. The van der Waals surface area contributed by atoms with E-state index in [4.69, 9.17) is 17.0 Å². The lowest BCUT2D eigenvalue weighted by Gasteiger charge is -2.30. The highest BCUT2D eigenvalue weighted by atomic mass is 79.9. The maximum atomic E-state index is 9.78. The lowest BCUT2D eigenvalue weighted by molar-refractivity contribution is 0.308. The van der Waals surface area contributed by atoms with Crippen molar-refractivity contribution in [3.63, 3.8) is 0 Å². The van der Waals surface area contributed by atoms with Crippen LogP contribution in [0.2, 0.25) is 0 Å². The Hall–Kier alpha value is -1.34. The van der Waals surface area contributed by atoms with Crippen LogP contribution in [0.15, 0.2) is 21.7 Å². The average Bonchev–Trinajstić information content (AvgIpc) is 2.53. The predicted octanol–water partition coefficient (Wildman–Crippen LogP) is 3.54. The summed E-state index contributed by atoms with van der Waals surface area (Å²) in [7, 11) is 1.51. The monoisotopic (exact) mass is 399 g/mol. The molecule has 0 amide bonds. The summed E-state index contributed by atoms with van der Waals surface area (Å²) in [4.78, 5) is 0. The van der Waals surface area contributed by atoms with Gasteiger partial charge in [0.2, 0.25) is 0 Å². The molecular weight excluding hydrogens is 378 g/mol. The van der Waals surface area contributed by atoms with E-state index in [1.807, 2.05) is 0 Å². The van der Waals surface area contributed by atoms with Crippen molar-refractivity contribution < 1.29 is 9.84 Å². The number of phenols is 1. The topological polar surface area (TPSA) is 65.9 Å². The number of hydrazone groups is 1. The molecule has 0 heterocycles. The smallest absolute Gasteiger partial charge is 0.187 e. The first-order valence-electron chi connectivity index (χ1n) is 7.67. The van der Waals surface area contributed by atoms with Gasteiger partial charge in [0.15, 0.2) is 16.6 Å². The Morgan fingerprint density at radius 1 is 1.43 bits per heavy atom. The van der Waals surface area contributed by atoms with Crippen LogP contribution >= 0.6 is 28.1 Å². The molecule has 2 atom stereocenters. The van der Waals surface area contributed by atoms with Crippen LogP contribution in [0.4, 0.5) is 0 Å². The van der Waals surface area contributed by atoms with Gasteiger partial charge in [-0.1, -0.05) is 19.8 Å². The summed E-state index contributed by atoms with van der Waals surface area (Å²) >= 11 is 8.57. The van der Waals surface area contributed by atoms with Crippen molar-refractivity contribution in [2.24, 2.45) is 11.0 Å². The van der Waals surface area contributed by atoms with Crippen LogP contribution in [-0.4, -0.2) is 29.6 Å². The van der Waals surface area contributed by atoms with Gasteiger partial charge in [0.1, 0.15) is 0 Å². The molecule has 2 rings (SSSR count). The number of halogens is 1. The van der Waals surface area contributed by atoms with Gasteiger partial charge in [0.05, 0.1) is 17.8 Å². The molecule has 1 aromatic carbocycles. The van der Waals surface area contributed by atoms with Crippen molar-refractivity contribution in [3.8, 4) is 11.5 Å². The van der Waals surface area contributed by atoms with Crippen molar-refractivity contribution in [2.75, 3.05) is 7.11 Å². The molecule has 0 aliphatic heterocycles. The van der Waals surface area contributed by atoms with Gasteiger partial charge in [-0.3, -0.25) is 5.43 Å². The molecule has 1 saturated carbocycles. The Morgan fingerprint density at radius 2 is 2.17 bits per heavy atom. The number of thiocarbonyl (C=S) groups is 1. The number of hydrogen-bond donors (Lipinski definition) is 3. The molecule has 5 nitrogen and oxygen atoms in total. The largest absolute Gasteiger partial charge is 0.503 e. The molecule has 0 saturated heterocycles. The van der Waals surface area contributed by atoms with Gasteiger partial charge in [0, 0.05) is 6.04 Å². The maximum Gasteiger partial charge on any atom is 0.187 e. The zero-order chi connectivity index (χ0) is 16.8. The van der Waals surface area contributed by atoms with E-state index in [1.165, 1.54) is 26.4 Å². The number of nitrogens with zero attached hydrogens (tertiary/aromatic N) is 1. The van der Waals surface area contributed by atoms with Crippen molar-refractivity contribution in [3.05, 3.63) is 22.2 Å². The van der Waals surface area contributed by atoms with Crippen LogP contribution in [0.1, 0.15) is 38.2 Å². The minimum Gasteiger partial charge on any atom is -0.503 e. The Morgan fingerprint density at radius 3 is 2.87 bits per heavy atom. The fraction of sp³-hybridized carbons (Fsp3) is 0.500. The highest BCUT2D eigenvalue weighted by molar-refractivity contribution is 9.10. The van der Waals surface area contributed by atoms with Gasteiger partial charge in [0.25, 0.3) is 0 Å². The lowest BCUT2D eigenvalue weighted by Crippen LogP contribution is -2.44. The fourth-order valence-corrected chi connectivity index (χ4v) is 3.38. The van der Waals surface area contributed by atoms with Gasteiger partial charge in [-0.25, -0.2) is 0 Å². The van der Waals surface area contributed by atoms with E-state index in [-0.39, 0.29) is 5.75 Å². The maximum absolute atomic E-state index is 9.78. The molecule has 3 N–H and O–H groups in total. The van der Waals surface area contributed by atoms with Crippen LogP contribution in [0.5, 0.6) is 11.5 Å². The number of hydrogen-bond acceptors (Lipinski definition) is 4. The van der Waals surface area contributed by atoms with Crippen LogP contribution in [0.25, 0.3) is 0 Å². The Labute approximate surface area is 150 Å². The van der Waals surface area contributed by atoms with E-state index in [9.17, 15) is 5.11 Å². The second-order valence-electron chi connectivity index (χ2n) is 5.77. The van der Waals surface area contributed by atoms with E-state index >= 15 is 0 Å². The van der Waals surface area contributed by atoms with Crippen LogP contribution in [0, 0.1) is 5.92 Å². The SMILES string of the molecule is COc1cc(/C=N/NC(=S)N[C@H]2CCCC[C@H]2C)cc(Br)c1O. The number of benzene rings is 1. The summed E-state index contributed by atoms with van der Waals surface area (Å²) in [6.07, 6.45) is 6.56. The number of aromatic hydroxyl groups is 1. The molecule has 23 heavy (non-hydrogen) atoms. The molecule has 1 aliphatic rings. The quantitative estimate of drug-likeness (QED) is 0.410. The fourth-order valence-electron chi connectivity index (χ4n) is 2.72. The average molecular weight is 400 g/mol. The predicted molar refractivity (Wildman–Crippen MR) is 100 cm³/mol. The number of nitrogens with one attached hydrogen (secondary N) is 2. The molecule has 1 fully saturated rings. The summed E-state index contributed by atoms with van der Waals surface area (Å²) < 4.78 is 5.66. The summed E-state index contributed by atoms with van der Waals surface area (Å²) in [6, 6.07) is 3.87. The number of ether oxygens (including phenoxy) is 1. The lowest BCUT2D eigenvalue weighted by atomic mass is 9.86. The molecule has 7 heteroatoms. The Balaban J connectivity index is 1.91. The standard InChI is InChI=1S/C16H22BrN3O2S/c1-10-5-3-4-6-13(10)19-16(23)20-18-9-11-7-12(17)15(21)14(8-11)22-2/h7-10,13,21H,3-6H2,1-2H3,(H2,19,20,23)/b18-9+/t10-,13+/m1/s1. The van der Waals surface area contributed by atoms with E-state index < -0.39 is 0 Å². The molecule has 0 spiro atoms. The zero-order valence-electron chi connectivity index (χ0n) is 13.3. The van der Waals surface area contributed by atoms with Gasteiger partial charge in [-0.05, 0) is 64.6 Å². The number of rotatable bonds is 4. The Bertz CT molecular complexity index is 595. The second-order valence-corrected chi connectivity index (χ2v) is 7.03. The summed E-state index contributed by atoms with van der Waals surface area (Å²) in [5.74, 6) is 1.09. The van der Waals surface area contributed by atoms with Crippen LogP contribution in [-0.2, 0) is 0 Å². The Kier molecular flexibility index (Phi) is 6.65. The van der Waals surface area contributed by atoms with Crippen molar-refractivity contribution in [2.45, 2.75) is 38.6 Å². The first kappa shape index (κ1) is 18.0. The van der Waals surface area contributed by atoms with E-state index in [0.29, 0.717) is 27.3 Å². The number of methoxy groups -OCH3 is 1. The van der Waals surface area contributed by atoms with E-state index in [1.54, 1.807) is 18.3 Å². The zero-order valence-corrected chi connectivity index (χ0v) is 15.7. The highest BCUT2D eigenvalue weighted by Crippen LogP contribution is 2.34. The normalized spacial score (nSPS) is 21.2.